The summed E-state index contributed by atoms with van der Waals surface area (Å²) in [5.74, 6) is 0.549. The summed E-state index contributed by atoms with van der Waals surface area (Å²) < 4.78 is 3.96. The van der Waals surface area contributed by atoms with E-state index in [9.17, 15) is 4.79 Å². The van der Waals surface area contributed by atoms with Crippen LogP contribution >= 0.6 is 0 Å². The van der Waals surface area contributed by atoms with Crippen LogP contribution in [0.3, 0.4) is 0 Å². The van der Waals surface area contributed by atoms with Crippen molar-refractivity contribution in [3.8, 4) is 5.95 Å². The number of amides is 1. The van der Waals surface area contributed by atoms with Crippen molar-refractivity contribution in [2.24, 2.45) is 0 Å². The van der Waals surface area contributed by atoms with Gasteiger partial charge in [0.15, 0.2) is 0 Å². The van der Waals surface area contributed by atoms with Gasteiger partial charge in [0.05, 0.1) is 12.1 Å². The van der Waals surface area contributed by atoms with Gasteiger partial charge in [-0.05, 0) is 57.7 Å². The van der Waals surface area contributed by atoms with Crippen LogP contribution in [0.5, 0.6) is 0 Å². The molecule has 3 aromatic heterocycles. The summed E-state index contributed by atoms with van der Waals surface area (Å²) in [6, 6.07) is 12.4. The van der Waals surface area contributed by atoms with Crippen LogP contribution in [-0.2, 0) is 17.8 Å². The lowest BCUT2D eigenvalue weighted by molar-refractivity contribution is -0.120. The normalized spacial score (nSPS) is 11.2. The fraction of sp³-hybridized carbons (Fsp3) is 0.333. The van der Waals surface area contributed by atoms with Gasteiger partial charge >= 0.3 is 0 Å². The minimum absolute atomic E-state index is 0.00413. The average molecular weight is 417 g/mol. The Morgan fingerprint density at radius 2 is 1.77 bits per heavy atom. The van der Waals surface area contributed by atoms with Crippen LogP contribution in [-0.4, -0.2) is 36.8 Å². The molecule has 0 spiro atoms. The second-order valence-corrected chi connectivity index (χ2v) is 7.96. The highest BCUT2D eigenvalue weighted by molar-refractivity contribution is 5.80. The lowest BCUT2D eigenvalue weighted by Crippen LogP contribution is -2.27. The Balaban J connectivity index is 1.36. The number of nitrogens with one attached hydrogen (secondary N) is 1. The fourth-order valence-electron chi connectivity index (χ4n) is 3.96. The van der Waals surface area contributed by atoms with Gasteiger partial charge in [0.2, 0.25) is 5.91 Å². The smallest absolute Gasteiger partial charge is 0.251 e. The molecule has 0 aliphatic rings. The number of hydrogen-bond acceptors (Lipinski definition) is 4. The highest BCUT2D eigenvalue weighted by atomic mass is 16.1. The average Bonchev–Trinajstić information content (AvgIpc) is 3.26. The first-order valence-corrected chi connectivity index (χ1v) is 10.6. The van der Waals surface area contributed by atoms with E-state index in [0.717, 1.165) is 41.3 Å². The number of rotatable bonds is 7. The second-order valence-electron chi connectivity index (χ2n) is 7.96. The predicted molar refractivity (Wildman–Crippen MR) is 121 cm³/mol. The number of para-hydroxylation sites is 1. The lowest BCUT2D eigenvalue weighted by Gasteiger charge is -2.08. The monoisotopic (exact) mass is 416 g/mol. The highest BCUT2D eigenvalue weighted by Crippen LogP contribution is 2.18. The molecule has 7 heteroatoms. The summed E-state index contributed by atoms with van der Waals surface area (Å²) in [5.41, 5.74) is 5.66. The number of carbonyl (C=O) groups is 1. The Morgan fingerprint density at radius 1 is 1.03 bits per heavy atom. The van der Waals surface area contributed by atoms with Crippen LogP contribution in [0.15, 0.2) is 42.6 Å². The summed E-state index contributed by atoms with van der Waals surface area (Å²) in [6.45, 7) is 9.27. The van der Waals surface area contributed by atoms with Crippen molar-refractivity contribution in [1.29, 1.82) is 0 Å². The van der Waals surface area contributed by atoms with Crippen molar-refractivity contribution in [2.75, 3.05) is 6.54 Å². The summed E-state index contributed by atoms with van der Waals surface area (Å²) >= 11 is 0. The molecule has 1 aromatic carbocycles. The minimum atomic E-state index is 0.00413. The molecule has 4 aromatic rings. The van der Waals surface area contributed by atoms with Gasteiger partial charge in [-0.2, -0.15) is 5.10 Å². The summed E-state index contributed by atoms with van der Waals surface area (Å²) in [5, 5.41) is 8.86. The Labute approximate surface area is 182 Å². The molecule has 0 aliphatic heterocycles. The van der Waals surface area contributed by atoms with E-state index in [1.165, 1.54) is 10.9 Å². The molecule has 0 saturated heterocycles. The molecule has 3 heterocycles. The van der Waals surface area contributed by atoms with E-state index in [0.29, 0.717) is 18.9 Å². The Kier molecular flexibility index (Phi) is 5.84. The molecule has 31 heavy (non-hydrogen) atoms. The Morgan fingerprint density at radius 3 is 2.55 bits per heavy atom. The van der Waals surface area contributed by atoms with E-state index in [1.807, 2.05) is 39.8 Å². The van der Waals surface area contributed by atoms with Gasteiger partial charge in [0, 0.05) is 47.4 Å². The maximum atomic E-state index is 12.6. The summed E-state index contributed by atoms with van der Waals surface area (Å²) in [6.07, 6.45) is 3.27. The maximum Gasteiger partial charge on any atom is 0.251 e. The van der Waals surface area contributed by atoms with E-state index >= 15 is 0 Å². The van der Waals surface area contributed by atoms with Gasteiger partial charge in [-0.3, -0.25) is 4.79 Å². The van der Waals surface area contributed by atoms with E-state index in [4.69, 9.17) is 0 Å². The molecule has 1 amide bonds. The van der Waals surface area contributed by atoms with Crippen molar-refractivity contribution in [3.05, 3.63) is 70.9 Å². The first-order valence-electron chi connectivity index (χ1n) is 10.6. The number of carbonyl (C=O) groups excluding carboxylic acids is 1. The van der Waals surface area contributed by atoms with Crippen LogP contribution < -0.4 is 5.32 Å². The Hall–Kier alpha value is -3.48. The molecule has 7 nitrogen and oxygen atoms in total. The van der Waals surface area contributed by atoms with Crippen molar-refractivity contribution < 1.29 is 4.79 Å². The molecule has 1 N–H and O–H groups in total. The number of hydrogen-bond donors (Lipinski definition) is 1. The predicted octanol–water partition coefficient (Wildman–Crippen LogP) is 3.60. The molecule has 0 radical (unpaired) electrons. The number of benzene rings is 1. The van der Waals surface area contributed by atoms with Crippen molar-refractivity contribution in [1.82, 2.24) is 29.6 Å². The molecule has 0 unspecified atom stereocenters. The van der Waals surface area contributed by atoms with Crippen LogP contribution in [0.25, 0.3) is 16.9 Å². The van der Waals surface area contributed by atoms with Gasteiger partial charge in [-0.1, -0.05) is 18.2 Å². The van der Waals surface area contributed by atoms with Gasteiger partial charge in [0.25, 0.3) is 5.95 Å². The molecule has 0 aliphatic carbocycles. The molecule has 4 rings (SSSR count). The van der Waals surface area contributed by atoms with E-state index < -0.39 is 0 Å². The van der Waals surface area contributed by atoms with Crippen LogP contribution in [0.2, 0.25) is 0 Å². The van der Waals surface area contributed by atoms with Crippen molar-refractivity contribution in [3.63, 3.8) is 0 Å². The van der Waals surface area contributed by atoms with Gasteiger partial charge < -0.3 is 9.88 Å². The van der Waals surface area contributed by atoms with E-state index in [2.05, 4.69) is 55.4 Å². The summed E-state index contributed by atoms with van der Waals surface area (Å²) in [4.78, 5) is 21.5. The van der Waals surface area contributed by atoms with Crippen molar-refractivity contribution >= 4 is 16.8 Å². The maximum absolute atomic E-state index is 12.6. The van der Waals surface area contributed by atoms with Crippen LogP contribution in [0.4, 0.5) is 0 Å². The number of nitrogens with zero attached hydrogens (tertiary/aromatic N) is 5. The third kappa shape index (κ3) is 4.50. The van der Waals surface area contributed by atoms with E-state index in [1.54, 1.807) is 4.68 Å². The fourth-order valence-corrected chi connectivity index (χ4v) is 3.96. The van der Waals surface area contributed by atoms with Gasteiger partial charge in [-0.15, -0.1) is 0 Å². The first kappa shape index (κ1) is 20.8. The molecule has 0 bridgehead atoms. The van der Waals surface area contributed by atoms with Gasteiger partial charge in [-0.25, -0.2) is 14.6 Å². The largest absolute Gasteiger partial charge is 0.356 e. The van der Waals surface area contributed by atoms with Crippen LogP contribution in [0, 0.1) is 27.7 Å². The minimum Gasteiger partial charge on any atom is -0.356 e. The SMILES string of the molecule is Cc1cc(C)nc(-n2nc(C)c(CC(=O)NCCCn3ccc4ccccc43)c2C)n1. The third-order valence-corrected chi connectivity index (χ3v) is 5.52. The van der Waals surface area contributed by atoms with Gasteiger partial charge in [0.1, 0.15) is 0 Å². The molecular weight excluding hydrogens is 388 g/mol. The molecule has 0 saturated carbocycles. The zero-order valence-corrected chi connectivity index (χ0v) is 18.5. The Bertz CT molecular complexity index is 1220. The van der Waals surface area contributed by atoms with E-state index in [-0.39, 0.29) is 5.91 Å². The zero-order valence-electron chi connectivity index (χ0n) is 18.5. The standard InChI is InChI=1S/C24H28N6O/c1-16-14-17(2)27-24(26-16)30-19(4)21(18(3)28-30)15-23(31)25-11-7-12-29-13-10-20-8-5-6-9-22(20)29/h5-6,8-10,13-14H,7,11-12,15H2,1-4H3,(H,25,31). The zero-order chi connectivity index (χ0) is 22.0. The summed E-state index contributed by atoms with van der Waals surface area (Å²) in [7, 11) is 0. The second kappa shape index (κ2) is 8.71. The quantitative estimate of drug-likeness (QED) is 0.467. The number of fused-ring (bicyclic) bond motifs is 1. The lowest BCUT2D eigenvalue weighted by atomic mass is 10.1. The number of aromatic nitrogens is 5. The molecule has 160 valence electrons. The van der Waals surface area contributed by atoms with Crippen molar-refractivity contribution in [2.45, 2.75) is 47.1 Å². The molecule has 0 atom stereocenters. The third-order valence-electron chi connectivity index (χ3n) is 5.52. The van der Waals surface area contributed by atoms with Crippen LogP contribution in [0.1, 0.15) is 34.8 Å². The first-order chi connectivity index (χ1) is 14.9. The molecule has 0 fully saturated rings. The number of aryl methyl sites for hydroxylation is 4. The molecular formula is C24H28N6O. The highest BCUT2D eigenvalue weighted by Gasteiger charge is 2.17. The topological polar surface area (TPSA) is 77.6 Å².